The molecule has 0 saturated heterocycles. The van der Waals surface area contributed by atoms with E-state index in [0.29, 0.717) is 32.1 Å². The summed E-state index contributed by atoms with van der Waals surface area (Å²) in [4.78, 5) is 52.7. The Labute approximate surface area is 371 Å². The van der Waals surface area contributed by atoms with E-state index in [1.165, 1.54) is 38.5 Å². The van der Waals surface area contributed by atoms with Crippen LogP contribution in [0.1, 0.15) is 136 Å². The van der Waals surface area contributed by atoms with Gasteiger partial charge >= 0.3 is 27.6 Å². The lowest BCUT2D eigenvalue weighted by Crippen LogP contribution is -2.29. The van der Waals surface area contributed by atoms with Crippen molar-refractivity contribution < 1.29 is 66.7 Å². The number of rotatable bonds is 40. The van der Waals surface area contributed by atoms with E-state index in [4.69, 9.17) is 23.8 Å². The summed E-state index contributed by atoms with van der Waals surface area (Å²) >= 11 is 0. The molecule has 0 heterocycles. The molecule has 0 saturated carbocycles. The number of esters is 2. The lowest BCUT2D eigenvalue weighted by molar-refractivity contribution is -0.161. The number of phosphoric ester groups is 2. The number of ether oxygens (including phenoxy) is 2. The van der Waals surface area contributed by atoms with Crippen molar-refractivity contribution in [3.8, 4) is 0 Å². The highest BCUT2D eigenvalue weighted by Crippen LogP contribution is 2.43. The lowest BCUT2D eigenvalue weighted by atomic mass is 10.1. The van der Waals surface area contributed by atoms with Crippen LogP contribution in [0.2, 0.25) is 0 Å². The Balaban J connectivity index is 4.74. The summed E-state index contributed by atoms with van der Waals surface area (Å²) in [6, 6.07) is 0. The van der Waals surface area contributed by atoms with Crippen LogP contribution in [0.25, 0.3) is 0 Å². The van der Waals surface area contributed by atoms with Crippen LogP contribution in [0.4, 0.5) is 0 Å². The van der Waals surface area contributed by atoms with Gasteiger partial charge in [0.1, 0.15) is 12.7 Å². The lowest BCUT2D eigenvalue weighted by Gasteiger charge is -2.20. The topological polar surface area (TPSA) is 216 Å². The van der Waals surface area contributed by atoms with Crippen LogP contribution in [0, 0.1) is 0 Å². The summed E-state index contributed by atoms with van der Waals surface area (Å²) in [5.41, 5.74) is 0. The maximum atomic E-state index is 12.6. The van der Waals surface area contributed by atoms with Crippen molar-refractivity contribution in [1.82, 2.24) is 0 Å². The highest BCUT2D eigenvalue weighted by molar-refractivity contribution is 7.47. The minimum Gasteiger partial charge on any atom is -0.462 e. The molecule has 354 valence electrons. The number of phosphoric acid groups is 2. The number of hydrogen-bond acceptors (Lipinski definition) is 11. The molecule has 0 spiro atoms. The van der Waals surface area contributed by atoms with Crippen LogP contribution in [-0.4, -0.2) is 81.6 Å². The van der Waals surface area contributed by atoms with Crippen LogP contribution < -0.4 is 0 Å². The van der Waals surface area contributed by atoms with Gasteiger partial charge in [-0.1, -0.05) is 143 Å². The van der Waals surface area contributed by atoms with E-state index in [2.05, 4.69) is 40.3 Å². The second-order valence-electron chi connectivity index (χ2n) is 14.4. The second-order valence-corrected chi connectivity index (χ2v) is 17.1. The Hall–Kier alpha value is -3.00. The van der Waals surface area contributed by atoms with Crippen LogP contribution in [0.5, 0.6) is 0 Å². The molecule has 0 aliphatic carbocycles. The van der Waals surface area contributed by atoms with Gasteiger partial charge in [-0.15, -0.1) is 0 Å². The Kier molecular flexibility index (Phi) is 38.8. The molecule has 62 heavy (non-hydrogen) atoms. The SMILES string of the molecule is CC/C=C\C(O)C/C=C/C=C\C/C=C\C/C=C\CCCC(=O)O[C@H](COC(=O)CCC/C=C\C/C=C\C/C=C\CCCCCCCC)COP(=O)(O)OC[C@@H](O)COP(=O)(O)O. The quantitative estimate of drug-likeness (QED) is 0.0127. The van der Waals surface area contributed by atoms with Gasteiger partial charge in [-0.2, -0.15) is 0 Å². The summed E-state index contributed by atoms with van der Waals surface area (Å²) < 4.78 is 47.6. The van der Waals surface area contributed by atoms with Gasteiger partial charge in [-0.3, -0.25) is 23.2 Å². The zero-order valence-electron chi connectivity index (χ0n) is 37.0. The largest absolute Gasteiger partial charge is 0.472 e. The molecule has 2 unspecified atom stereocenters. The summed E-state index contributed by atoms with van der Waals surface area (Å²) in [5, 5.41) is 19.5. The van der Waals surface area contributed by atoms with E-state index in [9.17, 15) is 33.8 Å². The monoisotopic (exact) mass is 914 g/mol. The highest BCUT2D eigenvalue weighted by atomic mass is 31.2. The molecular formula is C46H76O14P2. The zero-order chi connectivity index (χ0) is 46.0. The Bertz CT molecular complexity index is 1480. The van der Waals surface area contributed by atoms with Crippen molar-refractivity contribution in [1.29, 1.82) is 0 Å². The first-order valence-corrected chi connectivity index (χ1v) is 25.1. The van der Waals surface area contributed by atoms with Crippen LogP contribution in [0.3, 0.4) is 0 Å². The van der Waals surface area contributed by atoms with Gasteiger partial charge in [0, 0.05) is 12.8 Å². The fraction of sp³-hybridized carbons (Fsp3) is 0.609. The number of carbonyl (C=O) groups is 2. The maximum absolute atomic E-state index is 12.6. The third-order valence-electron chi connectivity index (χ3n) is 8.52. The first kappa shape index (κ1) is 59.0. The average Bonchev–Trinajstić information content (AvgIpc) is 3.23. The molecule has 0 amide bonds. The molecule has 0 aromatic carbocycles. The van der Waals surface area contributed by atoms with E-state index in [1.54, 1.807) is 6.08 Å². The van der Waals surface area contributed by atoms with Gasteiger partial charge in [-0.25, -0.2) is 9.13 Å². The fourth-order valence-corrected chi connectivity index (χ4v) is 6.34. The third-order valence-corrected chi connectivity index (χ3v) is 9.96. The third kappa shape index (κ3) is 43.6. The fourth-order valence-electron chi connectivity index (χ4n) is 5.18. The van der Waals surface area contributed by atoms with Crippen LogP contribution >= 0.6 is 15.6 Å². The first-order valence-electron chi connectivity index (χ1n) is 22.0. The van der Waals surface area contributed by atoms with Crippen molar-refractivity contribution in [2.45, 2.75) is 154 Å². The minimum absolute atomic E-state index is 0.0192. The molecule has 0 aliphatic rings. The number of unbranched alkanes of at least 4 members (excludes halogenated alkanes) is 8. The molecule has 16 heteroatoms. The Morgan fingerprint density at radius 1 is 0.548 bits per heavy atom. The molecule has 14 nitrogen and oxygen atoms in total. The van der Waals surface area contributed by atoms with E-state index in [1.807, 2.05) is 73.8 Å². The van der Waals surface area contributed by atoms with Crippen LogP contribution in [0.15, 0.2) is 97.2 Å². The maximum Gasteiger partial charge on any atom is 0.472 e. The molecule has 0 fully saturated rings. The van der Waals surface area contributed by atoms with Gasteiger partial charge in [0.25, 0.3) is 0 Å². The molecular weight excluding hydrogens is 838 g/mol. The summed E-state index contributed by atoms with van der Waals surface area (Å²) in [5.74, 6) is -1.19. The highest BCUT2D eigenvalue weighted by Gasteiger charge is 2.28. The number of carbonyl (C=O) groups excluding carboxylic acids is 2. The summed E-state index contributed by atoms with van der Waals surface area (Å²) in [7, 11) is -9.73. The smallest absolute Gasteiger partial charge is 0.462 e. The minimum atomic E-state index is -4.88. The van der Waals surface area contributed by atoms with Gasteiger partial charge in [0.15, 0.2) is 6.10 Å². The van der Waals surface area contributed by atoms with Crippen molar-refractivity contribution in [2.24, 2.45) is 0 Å². The summed E-state index contributed by atoms with van der Waals surface area (Å²) in [6.45, 7) is 1.36. The average molecular weight is 915 g/mol. The van der Waals surface area contributed by atoms with Crippen LogP contribution in [-0.2, 0) is 41.8 Å². The number of allylic oxidation sites excluding steroid dienone is 14. The molecule has 0 radical (unpaired) electrons. The molecule has 0 rings (SSSR count). The van der Waals surface area contributed by atoms with E-state index >= 15 is 0 Å². The molecule has 0 aromatic heterocycles. The number of aliphatic hydroxyl groups excluding tert-OH is 2. The van der Waals surface area contributed by atoms with E-state index in [0.717, 1.165) is 38.5 Å². The molecule has 0 bridgehead atoms. The Morgan fingerprint density at radius 3 is 1.65 bits per heavy atom. The zero-order valence-corrected chi connectivity index (χ0v) is 38.8. The van der Waals surface area contributed by atoms with Gasteiger partial charge < -0.3 is 34.4 Å². The van der Waals surface area contributed by atoms with Crippen molar-refractivity contribution in [3.63, 3.8) is 0 Å². The first-order chi connectivity index (χ1) is 29.8. The second kappa shape index (κ2) is 40.8. The molecule has 0 aromatic rings. The van der Waals surface area contributed by atoms with E-state index < -0.39 is 72.3 Å². The van der Waals surface area contributed by atoms with E-state index in [-0.39, 0.29) is 12.8 Å². The molecule has 5 N–H and O–H groups in total. The van der Waals surface area contributed by atoms with Gasteiger partial charge in [0.05, 0.1) is 25.9 Å². The Morgan fingerprint density at radius 2 is 1.05 bits per heavy atom. The summed E-state index contributed by atoms with van der Waals surface area (Å²) in [6.07, 6.45) is 44.7. The number of hydrogen-bond donors (Lipinski definition) is 5. The molecule has 4 atom stereocenters. The van der Waals surface area contributed by atoms with Crippen molar-refractivity contribution in [3.05, 3.63) is 97.2 Å². The van der Waals surface area contributed by atoms with Crippen molar-refractivity contribution in [2.75, 3.05) is 26.4 Å². The van der Waals surface area contributed by atoms with Gasteiger partial charge in [-0.05, 0) is 77.0 Å². The standard InChI is InChI=1S/C46H76O14P2/c1-3-5-7-8-9-10-11-12-13-14-15-16-20-23-26-29-32-36-45(49)56-40-44(41-59-62(54,55)58-39-43(48)38-57-61(51,52)53)60-46(50)37-33-30-27-24-21-18-17-19-22-25-28-31-35-42(47)34-6-4-2/h6,12-13,15-18,22-28,31,34,42-44,47-48H,3-5,7-11,14,19-21,29-30,32-33,35-41H2,1-2H3,(H,54,55)(H2,51,52,53)/b13-12-,16-15-,18-17-,25-22-,26-23-,27-24-,31-28+,34-6-/t42?,43-,44+/m0/s1. The predicted molar refractivity (Wildman–Crippen MR) is 245 cm³/mol. The van der Waals surface area contributed by atoms with Gasteiger partial charge in [0.2, 0.25) is 0 Å². The van der Waals surface area contributed by atoms with Crippen molar-refractivity contribution >= 4 is 27.6 Å². The number of aliphatic hydroxyl groups is 2. The normalized spacial score (nSPS) is 15.4. The molecule has 0 aliphatic heterocycles. The predicted octanol–water partition coefficient (Wildman–Crippen LogP) is 10.3.